The van der Waals surface area contributed by atoms with Crippen LogP contribution in [0.4, 0.5) is 24.9 Å². The minimum absolute atomic E-state index is 0.137. The van der Waals surface area contributed by atoms with Crippen molar-refractivity contribution in [3.63, 3.8) is 0 Å². The second-order valence-corrected chi connectivity index (χ2v) is 12.6. The van der Waals surface area contributed by atoms with Gasteiger partial charge >= 0.3 is 12.1 Å². The molecule has 0 bridgehead atoms. The number of carbonyl (C=O) groups excluding carboxylic acids is 1. The molecule has 3 heterocycles. The number of aliphatic hydroxyl groups is 2. The molecule has 1 aliphatic rings. The summed E-state index contributed by atoms with van der Waals surface area (Å²) >= 11 is 0. The lowest BCUT2D eigenvalue weighted by molar-refractivity contribution is -0.190. The summed E-state index contributed by atoms with van der Waals surface area (Å²) in [6, 6.07) is 16.1. The van der Waals surface area contributed by atoms with E-state index in [0.717, 1.165) is 28.9 Å². The molecule has 0 unspecified atom stereocenters. The number of imidazole rings is 2. The van der Waals surface area contributed by atoms with E-state index in [4.69, 9.17) is 9.97 Å². The number of fused-ring (bicyclic) bond motifs is 1. The topological polar surface area (TPSA) is 146 Å². The van der Waals surface area contributed by atoms with Crippen LogP contribution in [0.3, 0.4) is 0 Å². The van der Waals surface area contributed by atoms with E-state index in [-0.39, 0.29) is 25.3 Å². The molecule has 12 nitrogen and oxygen atoms in total. The Labute approximate surface area is 293 Å². The van der Waals surface area contributed by atoms with Crippen molar-refractivity contribution in [2.75, 3.05) is 30.3 Å². The number of carbonyl (C=O) groups is 1. The fourth-order valence-electron chi connectivity index (χ4n) is 6.72. The number of amides is 1. The van der Waals surface area contributed by atoms with Gasteiger partial charge in [0.2, 0.25) is 5.95 Å². The van der Waals surface area contributed by atoms with E-state index in [1.165, 1.54) is 6.33 Å². The minimum Gasteiger partial charge on any atom is -0.388 e. The highest BCUT2D eigenvalue weighted by Gasteiger charge is 2.51. The highest BCUT2D eigenvalue weighted by molar-refractivity contribution is 5.85. The maximum Gasteiger partial charge on any atom is 0.471 e. The molecule has 1 aliphatic carbocycles. The summed E-state index contributed by atoms with van der Waals surface area (Å²) in [4.78, 5) is 31.4. The number of hydrogen-bond acceptors (Lipinski definition) is 9. The van der Waals surface area contributed by atoms with Crippen LogP contribution in [-0.4, -0.2) is 94.2 Å². The Morgan fingerprint density at radius 1 is 0.941 bits per heavy atom. The Kier molecular flexibility index (Phi) is 10.9. The highest BCUT2D eigenvalue weighted by atomic mass is 19.4. The van der Waals surface area contributed by atoms with Gasteiger partial charge in [0.15, 0.2) is 17.0 Å². The molecule has 270 valence electrons. The first-order valence-corrected chi connectivity index (χ1v) is 17.2. The lowest BCUT2D eigenvalue weighted by Crippen LogP contribution is -2.51. The fourth-order valence-corrected chi connectivity index (χ4v) is 6.72. The van der Waals surface area contributed by atoms with Crippen molar-refractivity contribution in [1.82, 2.24) is 34.0 Å². The van der Waals surface area contributed by atoms with Crippen LogP contribution in [0.1, 0.15) is 44.0 Å². The molecule has 0 saturated heterocycles. The van der Waals surface area contributed by atoms with E-state index in [2.05, 4.69) is 44.9 Å². The Bertz CT molecular complexity index is 1930. The minimum atomic E-state index is -5.12. The molecule has 0 radical (unpaired) electrons. The van der Waals surface area contributed by atoms with Gasteiger partial charge in [-0.1, -0.05) is 61.5 Å². The smallest absolute Gasteiger partial charge is 0.388 e. The lowest BCUT2D eigenvalue weighted by atomic mass is 9.98. The van der Waals surface area contributed by atoms with Crippen LogP contribution in [-0.2, 0) is 24.2 Å². The van der Waals surface area contributed by atoms with Gasteiger partial charge in [-0.3, -0.25) is 4.79 Å². The zero-order valence-corrected chi connectivity index (χ0v) is 28.5. The van der Waals surface area contributed by atoms with Crippen molar-refractivity contribution in [2.45, 2.75) is 76.5 Å². The SMILES string of the molecule is CCCN(C(=O)C(F)(F)F)[C@H]1C[C@@H](n2cnc3c(NCCc4ccccc4-c4ccccc4)nc(NCCc4cn(CC)cn4)nc32)[C@H](O)[C@@H]1O. The molecule has 6 rings (SSSR count). The third-order valence-electron chi connectivity index (χ3n) is 9.27. The quantitative estimate of drug-likeness (QED) is 0.127. The number of alkyl halides is 3. The maximum absolute atomic E-state index is 13.5. The molecular formula is C36H42F3N9O3. The molecule has 0 spiro atoms. The van der Waals surface area contributed by atoms with Crippen molar-refractivity contribution >= 4 is 28.8 Å². The summed E-state index contributed by atoms with van der Waals surface area (Å²) in [7, 11) is 0. The van der Waals surface area contributed by atoms with Crippen molar-refractivity contribution in [3.05, 3.63) is 84.7 Å². The van der Waals surface area contributed by atoms with E-state index >= 15 is 0 Å². The molecule has 4 atom stereocenters. The van der Waals surface area contributed by atoms with Gasteiger partial charge in [0.05, 0.1) is 30.4 Å². The molecule has 5 aromatic rings. The van der Waals surface area contributed by atoms with Crippen molar-refractivity contribution in [3.8, 4) is 11.1 Å². The predicted octanol–water partition coefficient (Wildman–Crippen LogP) is 4.86. The third kappa shape index (κ3) is 7.84. The van der Waals surface area contributed by atoms with Gasteiger partial charge in [-0.05, 0) is 42.9 Å². The van der Waals surface area contributed by atoms with Crippen molar-refractivity contribution in [2.24, 2.45) is 0 Å². The molecule has 3 aromatic heterocycles. The van der Waals surface area contributed by atoms with Crippen LogP contribution >= 0.6 is 0 Å². The molecule has 51 heavy (non-hydrogen) atoms. The molecule has 1 saturated carbocycles. The summed E-state index contributed by atoms with van der Waals surface area (Å²) in [5.74, 6) is -1.34. The number of hydrogen-bond donors (Lipinski definition) is 4. The Balaban J connectivity index is 1.28. The van der Waals surface area contributed by atoms with Crippen LogP contribution in [0.25, 0.3) is 22.3 Å². The lowest BCUT2D eigenvalue weighted by Gasteiger charge is -2.31. The van der Waals surface area contributed by atoms with E-state index in [1.807, 2.05) is 48.0 Å². The second-order valence-electron chi connectivity index (χ2n) is 12.6. The molecule has 1 fully saturated rings. The normalized spacial score (nSPS) is 19.0. The molecule has 1 amide bonds. The Hall–Kier alpha value is -5.02. The van der Waals surface area contributed by atoms with Crippen LogP contribution in [0, 0.1) is 0 Å². The maximum atomic E-state index is 13.5. The van der Waals surface area contributed by atoms with Gasteiger partial charge in [-0.15, -0.1) is 0 Å². The molecule has 2 aromatic carbocycles. The summed E-state index contributed by atoms with van der Waals surface area (Å²) < 4.78 is 44.1. The summed E-state index contributed by atoms with van der Waals surface area (Å²) in [5.41, 5.74) is 4.96. The predicted molar refractivity (Wildman–Crippen MR) is 187 cm³/mol. The zero-order valence-electron chi connectivity index (χ0n) is 28.5. The number of nitrogens with zero attached hydrogens (tertiary/aromatic N) is 7. The van der Waals surface area contributed by atoms with E-state index < -0.39 is 36.4 Å². The number of anilines is 2. The first-order valence-electron chi connectivity index (χ1n) is 17.2. The first kappa shape index (κ1) is 35.8. The van der Waals surface area contributed by atoms with E-state index in [9.17, 15) is 28.2 Å². The summed E-state index contributed by atoms with van der Waals surface area (Å²) in [5, 5.41) is 28.8. The third-order valence-corrected chi connectivity index (χ3v) is 9.27. The molecule has 0 aliphatic heterocycles. The van der Waals surface area contributed by atoms with Gasteiger partial charge in [-0.2, -0.15) is 23.1 Å². The summed E-state index contributed by atoms with van der Waals surface area (Å²) in [6.07, 6.45) is -1.68. The van der Waals surface area contributed by atoms with Crippen LogP contribution < -0.4 is 10.6 Å². The highest BCUT2D eigenvalue weighted by Crippen LogP contribution is 2.38. The summed E-state index contributed by atoms with van der Waals surface area (Å²) in [6.45, 7) is 5.21. The number of aromatic nitrogens is 6. The average Bonchev–Trinajstić information content (AvgIpc) is 3.85. The first-order chi connectivity index (χ1) is 24.6. The Morgan fingerprint density at radius 3 is 2.41 bits per heavy atom. The van der Waals surface area contributed by atoms with Crippen LogP contribution in [0.5, 0.6) is 0 Å². The second kappa shape index (κ2) is 15.5. The largest absolute Gasteiger partial charge is 0.471 e. The fraction of sp³-hybridized carbons (Fsp3) is 0.417. The Morgan fingerprint density at radius 2 is 1.69 bits per heavy atom. The van der Waals surface area contributed by atoms with Crippen LogP contribution in [0.2, 0.25) is 0 Å². The van der Waals surface area contributed by atoms with E-state index in [0.29, 0.717) is 47.8 Å². The number of aliphatic hydroxyl groups excluding tert-OH is 2. The van der Waals surface area contributed by atoms with Gasteiger partial charge in [0.1, 0.15) is 12.2 Å². The van der Waals surface area contributed by atoms with Gasteiger partial charge in [0, 0.05) is 38.8 Å². The van der Waals surface area contributed by atoms with E-state index in [1.54, 1.807) is 17.8 Å². The van der Waals surface area contributed by atoms with Crippen molar-refractivity contribution in [1.29, 1.82) is 0 Å². The molecule has 4 N–H and O–H groups in total. The molecule has 15 heteroatoms. The average molecular weight is 706 g/mol. The number of halogens is 3. The number of aryl methyl sites for hydroxylation is 1. The van der Waals surface area contributed by atoms with Gasteiger partial charge in [0.25, 0.3) is 0 Å². The van der Waals surface area contributed by atoms with Crippen LogP contribution in [0.15, 0.2) is 73.4 Å². The van der Waals surface area contributed by atoms with Gasteiger partial charge in [-0.25, -0.2) is 9.97 Å². The zero-order chi connectivity index (χ0) is 36.1. The number of nitrogens with one attached hydrogen (secondary N) is 2. The van der Waals surface area contributed by atoms with Gasteiger partial charge < -0.3 is 34.9 Å². The van der Waals surface area contributed by atoms with Crippen molar-refractivity contribution < 1.29 is 28.2 Å². The molecular weight excluding hydrogens is 663 g/mol. The monoisotopic (exact) mass is 705 g/mol. The standard InChI is InChI=1S/C36H42F3N9O3/c1-3-18-47(34(51)36(37,38)39)27-19-28(31(50)30(27)49)48-22-43-29-32(40-16-14-24-12-8-9-13-26(24)23-10-6-5-7-11-23)44-35(45-33(29)48)41-17-15-25-20-46(4-2)21-42-25/h5-13,20-22,27-28,30-31,49-50H,3-4,14-19H2,1-2H3,(H2,40,41,44,45)/t27-,28+,30+,31-/m0/s1. The number of benzene rings is 2. The number of rotatable bonds is 14.